The van der Waals surface area contributed by atoms with Gasteiger partial charge in [-0.3, -0.25) is 14.7 Å². The van der Waals surface area contributed by atoms with E-state index in [9.17, 15) is 9.59 Å². The first-order valence-electron chi connectivity index (χ1n) is 11.5. The van der Waals surface area contributed by atoms with Crippen molar-refractivity contribution in [2.45, 2.75) is 18.9 Å². The molecule has 5 heterocycles. The Balaban J connectivity index is 1.30. The number of amides is 1. The number of ether oxygens (including phenoxy) is 1. The van der Waals surface area contributed by atoms with Crippen LogP contribution in [0.2, 0.25) is 5.02 Å². The van der Waals surface area contributed by atoms with E-state index >= 15 is 0 Å². The molecule has 2 N–H and O–H groups in total. The second-order valence-electron chi connectivity index (χ2n) is 8.47. The Kier molecular flexibility index (Phi) is 5.88. The number of H-pyrrole nitrogens is 1. The zero-order chi connectivity index (χ0) is 26.2. The molecule has 0 saturated carbocycles. The van der Waals surface area contributed by atoms with E-state index in [1.54, 1.807) is 47.3 Å². The monoisotopic (exact) mass is 530 g/mol. The average molecular weight is 531 g/mol. The highest BCUT2D eigenvalue weighted by Gasteiger charge is 2.29. The largest absolute Gasteiger partial charge is 0.453 e. The van der Waals surface area contributed by atoms with E-state index in [0.29, 0.717) is 52.3 Å². The number of imidazole rings is 1. The Hall–Kier alpha value is -4.91. The van der Waals surface area contributed by atoms with E-state index in [0.717, 1.165) is 11.3 Å². The van der Waals surface area contributed by atoms with Crippen molar-refractivity contribution in [2.75, 3.05) is 12.4 Å². The molecule has 0 fully saturated rings. The topological polar surface area (TPSA) is 158 Å². The molecular weight excluding hydrogens is 512 g/mol. The number of rotatable bonds is 5. The second kappa shape index (κ2) is 9.52. The molecule has 38 heavy (non-hydrogen) atoms. The summed E-state index contributed by atoms with van der Waals surface area (Å²) in [5.74, 6) is 1.66. The maximum absolute atomic E-state index is 13.3. The van der Waals surface area contributed by atoms with Gasteiger partial charge in [-0.1, -0.05) is 11.6 Å². The molecule has 1 atom stereocenters. The van der Waals surface area contributed by atoms with Gasteiger partial charge in [0.05, 0.1) is 36.4 Å². The minimum atomic E-state index is -0.599. The highest BCUT2D eigenvalue weighted by molar-refractivity contribution is 6.31. The predicted octanol–water partition coefficient (Wildman–Crippen LogP) is 3.04. The number of aromatic nitrogens is 9. The number of fused-ring (bicyclic) bond motifs is 1. The number of carbonyl (C=O) groups excluding carboxylic acids is 1. The van der Waals surface area contributed by atoms with Gasteiger partial charge in [0.25, 0.3) is 5.56 Å². The van der Waals surface area contributed by atoms with Crippen LogP contribution in [0.3, 0.4) is 0 Å². The molecule has 6 rings (SSSR count). The Morgan fingerprint density at radius 2 is 2.08 bits per heavy atom. The smallest absolute Gasteiger partial charge is 0.412 e. The summed E-state index contributed by atoms with van der Waals surface area (Å²) in [6.45, 7) is 0. The standard InChI is InChI=1S/C24H19ClN10O3/c1-38-24(37)31-20-6-2-13(10-26-20)17-11-27-23(30-17)19-5-7-21-29-16(9-22(36)35(19)21)15-8-14(25)3-4-18(15)34-12-28-32-33-34/h2-4,6,8-12,19H,5,7H2,1H3,(H,27,30)(H,26,31,37)/t19-/m0/s1. The maximum Gasteiger partial charge on any atom is 0.412 e. The summed E-state index contributed by atoms with van der Waals surface area (Å²) in [6.07, 6.45) is 5.43. The molecule has 0 saturated heterocycles. The fourth-order valence-electron chi connectivity index (χ4n) is 4.46. The van der Waals surface area contributed by atoms with Crippen LogP contribution in [0, 0.1) is 0 Å². The number of nitrogens with zero attached hydrogens (tertiary/aromatic N) is 8. The van der Waals surface area contributed by atoms with Crippen LogP contribution in [-0.2, 0) is 11.2 Å². The highest BCUT2D eigenvalue weighted by Crippen LogP contribution is 2.32. The van der Waals surface area contributed by atoms with Crippen molar-refractivity contribution < 1.29 is 9.53 Å². The molecule has 4 aromatic heterocycles. The number of tetrazole rings is 1. The van der Waals surface area contributed by atoms with Crippen molar-refractivity contribution in [2.24, 2.45) is 0 Å². The fraction of sp³-hybridized carbons (Fsp3) is 0.167. The lowest BCUT2D eigenvalue weighted by Crippen LogP contribution is -2.25. The molecule has 14 heteroatoms. The number of benzene rings is 1. The van der Waals surface area contributed by atoms with Crippen molar-refractivity contribution in [3.05, 3.63) is 82.1 Å². The van der Waals surface area contributed by atoms with Crippen LogP contribution < -0.4 is 10.9 Å². The first-order valence-corrected chi connectivity index (χ1v) is 11.9. The van der Waals surface area contributed by atoms with Gasteiger partial charge in [-0.05, 0) is 47.2 Å². The lowest BCUT2D eigenvalue weighted by Gasteiger charge is -2.14. The van der Waals surface area contributed by atoms with Crippen LogP contribution in [0.4, 0.5) is 10.6 Å². The normalized spacial score (nSPS) is 14.3. The summed E-state index contributed by atoms with van der Waals surface area (Å²) in [4.78, 5) is 41.6. The van der Waals surface area contributed by atoms with Gasteiger partial charge in [0.1, 0.15) is 23.8 Å². The molecule has 1 aliphatic rings. The van der Waals surface area contributed by atoms with Gasteiger partial charge in [0.2, 0.25) is 0 Å². The zero-order valence-electron chi connectivity index (χ0n) is 19.9. The summed E-state index contributed by atoms with van der Waals surface area (Å²) in [5.41, 5.74) is 3.09. The van der Waals surface area contributed by atoms with Crippen LogP contribution in [0.1, 0.15) is 24.1 Å². The summed E-state index contributed by atoms with van der Waals surface area (Å²) in [5, 5.41) is 14.4. The minimum Gasteiger partial charge on any atom is -0.453 e. The molecule has 1 aliphatic heterocycles. The van der Waals surface area contributed by atoms with Crippen LogP contribution in [0.25, 0.3) is 28.2 Å². The zero-order valence-corrected chi connectivity index (χ0v) is 20.6. The van der Waals surface area contributed by atoms with Gasteiger partial charge >= 0.3 is 6.09 Å². The Bertz CT molecular complexity index is 1700. The molecule has 1 amide bonds. The van der Waals surface area contributed by atoms with Gasteiger partial charge < -0.3 is 9.72 Å². The van der Waals surface area contributed by atoms with Crippen LogP contribution in [-0.4, -0.2) is 57.9 Å². The number of aromatic amines is 1. The van der Waals surface area contributed by atoms with Gasteiger partial charge in [-0.25, -0.2) is 19.7 Å². The van der Waals surface area contributed by atoms with E-state index in [1.807, 2.05) is 0 Å². The number of halogens is 1. The molecule has 1 aromatic carbocycles. The fourth-order valence-corrected chi connectivity index (χ4v) is 4.63. The van der Waals surface area contributed by atoms with Crippen molar-refractivity contribution in [1.82, 2.24) is 44.7 Å². The quantitative estimate of drug-likeness (QED) is 0.348. The third-order valence-electron chi connectivity index (χ3n) is 6.21. The van der Waals surface area contributed by atoms with Crippen LogP contribution in [0.5, 0.6) is 0 Å². The lowest BCUT2D eigenvalue weighted by molar-refractivity contribution is 0.187. The summed E-state index contributed by atoms with van der Waals surface area (Å²) in [7, 11) is 1.28. The number of nitrogens with one attached hydrogen (secondary N) is 2. The van der Waals surface area contributed by atoms with E-state index in [2.05, 4.69) is 40.5 Å². The first-order chi connectivity index (χ1) is 18.5. The molecular formula is C24H19ClN10O3. The summed E-state index contributed by atoms with van der Waals surface area (Å²) in [6, 6.07) is 9.90. The third kappa shape index (κ3) is 4.28. The molecule has 0 radical (unpaired) electrons. The maximum atomic E-state index is 13.3. The lowest BCUT2D eigenvalue weighted by atomic mass is 10.1. The van der Waals surface area contributed by atoms with E-state index in [4.69, 9.17) is 16.6 Å². The van der Waals surface area contributed by atoms with Gasteiger partial charge in [-0.15, -0.1) is 5.10 Å². The molecule has 0 aliphatic carbocycles. The van der Waals surface area contributed by atoms with Gasteiger partial charge in [0, 0.05) is 34.8 Å². The third-order valence-corrected chi connectivity index (χ3v) is 6.44. The number of carbonyl (C=O) groups is 1. The number of aryl methyl sites for hydroxylation is 1. The Morgan fingerprint density at radius 3 is 2.84 bits per heavy atom. The number of hydrogen-bond acceptors (Lipinski definition) is 9. The summed E-state index contributed by atoms with van der Waals surface area (Å²) < 4.78 is 7.73. The summed E-state index contributed by atoms with van der Waals surface area (Å²) >= 11 is 6.27. The number of methoxy groups -OCH3 is 1. The number of anilines is 1. The molecule has 0 unspecified atom stereocenters. The second-order valence-corrected chi connectivity index (χ2v) is 8.90. The number of hydrogen-bond donors (Lipinski definition) is 2. The SMILES string of the molecule is COC(=O)Nc1ccc(-c2cnc([C@@H]3CCc4nc(-c5cc(Cl)ccc5-n5cnnn5)cc(=O)n43)[nH]2)cn1. The molecule has 13 nitrogen and oxygen atoms in total. The van der Waals surface area contributed by atoms with E-state index < -0.39 is 6.09 Å². The van der Waals surface area contributed by atoms with Crippen LogP contribution in [0.15, 0.2) is 59.9 Å². The predicted molar refractivity (Wildman–Crippen MR) is 136 cm³/mol. The average Bonchev–Trinajstić information content (AvgIpc) is 3.70. The van der Waals surface area contributed by atoms with Gasteiger partial charge in [0.15, 0.2) is 0 Å². The molecule has 190 valence electrons. The Morgan fingerprint density at radius 1 is 1.18 bits per heavy atom. The van der Waals surface area contributed by atoms with Crippen molar-refractivity contribution >= 4 is 23.5 Å². The van der Waals surface area contributed by atoms with Crippen molar-refractivity contribution in [1.29, 1.82) is 0 Å². The first kappa shape index (κ1) is 23.5. The van der Waals surface area contributed by atoms with Gasteiger partial charge in [-0.2, -0.15) is 4.68 Å². The van der Waals surface area contributed by atoms with Crippen molar-refractivity contribution in [3.8, 4) is 28.2 Å². The van der Waals surface area contributed by atoms with Crippen LogP contribution >= 0.6 is 11.6 Å². The minimum absolute atomic E-state index is 0.201. The number of pyridine rings is 1. The highest BCUT2D eigenvalue weighted by atomic mass is 35.5. The van der Waals surface area contributed by atoms with E-state index in [-0.39, 0.29) is 11.6 Å². The Labute approximate surface area is 219 Å². The molecule has 0 bridgehead atoms. The van der Waals surface area contributed by atoms with E-state index in [1.165, 1.54) is 24.2 Å². The van der Waals surface area contributed by atoms with Crippen molar-refractivity contribution in [3.63, 3.8) is 0 Å². The molecule has 5 aromatic rings. The molecule has 0 spiro atoms.